The van der Waals surface area contributed by atoms with Gasteiger partial charge in [0.15, 0.2) is 0 Å². The van der Waals surface area contributed by atoms with E-state index in [-0.39, 0.29) is 10.9 Å². The van der Waals surface area contributed by atoms with Crippen LogP contribution in [0.2, 0.25) is 0 Å². The van der Waals surface area contributed by atoms with E-state index >= 15 is 0 Å². The van der Waals surface area contributed by atoms with Gasteiger partial charge in [-0.2, -0.15) is 0 Å². The Labute approximate surface area is 111 Å². The first-order valence-electron chi connectivity index (χ1n) is 5.21. The molecule has 7 heteroatoms. The fourth-order valence-electron chi connectivity index (χ4n) is 1.84. The summed E-state index contributed by atoms with van der Waals surface area (Å²) in [5, 5.41) is 11.4. The number of amides is 1. The van der Waals surface area contributed by atoms with E-state index in [0.717, 1.165) is 36.2 Å². The molecule has 0 spiro atoms. The number of thiophene rings is 1. The predicted molar refractivity (Wildman–Crippen MR) is 68.8 cm³/mol. The minimum atomic E-state index is -0.466. The highest BCUT2D eigenvalue weighted by Crippen LogP contribution is 2.27. The highest BCUT2D eigenvalue weighted by molar-refractivity contribution is 9.09. The van der Waals surface area contributed by atoms with Crippen LogP contribution in [0.15, 0.2) is 12.1 Å². The molecule has 2 heterocycles. The van der Waals surface area contributed by atoms with Gasteiger partial charge in [0, 0.05) is 24.5 Å². The normalized spacial score (nSPS) is 19.6. The first-order chi connectivity index (χ1) is 8.11. The van der Waals surface area contributed by atoms with Gasteiger partial charge in [0.1, 0.15) is 0 Å². The molecule has 0 saturated carbocycles. The fourth-order valence-corrected chi connectivity index (χ4v) is 3.16. The molecular formula is C10H11BrN2O3S. The lowest BCUT2D eigenvalue weighted by Gasteiger charge is -2.14. The van der Waals surface area contributed by atoms with E-state index in [1.165, 1.54) is 12.1 Å². The minimum absolute atomic E-state index is 0.0181. The van der Waals surface area contributed by atoms with Crippen LogP contribution in [-0.2, 0) is 0 Å². The monoisotopic (exact) mass is 318 g/mol. The number of nitrogens with zero attached hydrogens (tertiary/aromatic N) is 2. The second-order valence-corrected chi connectivity index (χ2v) is 5.66. The summed E-state index contributed by atoms with van der Waals surface area (Å²) in [6, 6.07) is 2.92. The molecule has 0 radical (unpaired) electrons. The van der Waals surface area contributed by atoms with Crippen molar-refractivity contribution in [1.82, 2.24) is 4.90 Å². The van der Waals surface area contributed by atoms with Gasteiger partial charge in [-0.25, -0.2) is 0 Å². The first kappa shape index (κ1) is 12.5. The molecule has 1 fully saturated rings. The number of alkyl halides is 1. The van der Waals surface area contributed by atoms with E-state index in [1.807, 2.05) is 0 Å². The van der Waals surface area contributed by atoms with Crippen molar-refractivity contribution in [2.75, 3.05) is 18.4 Å². The van der Waals surface area contributed by atoms with Crippen molar-refractivity contribution in [3.63, 3.8) is 0 Å². The van der Waals surface area contributed by atoms with Crippen LogP contribution in [0.1, 0.15) is 16.1 Å². The summed E-state index contributed by atoms with van der Waals surface area (Å²) in [5.74, 6) is 0.403. The van der Waals surface area contributed by atoms with Gasteiger partial charge in [0.25, 0.3) is 5.91 Å². The van der Waals surface area contributed by atoms with Crippen LogP contribution in [0.3, 0.4) is 0 Å². The van der Waals surface area contributed by atoms with Crippen LogP contribution in [-0.4, -0.2) is 34.2 Å². The Balaban J connectivity index is 2.07. The second kappa shape index (κ2) is 5.14. The summed E-state index contributed by atoms with van der Waals surface area (Å²) in [7, 11) is 0. The summed E-state index contributed by atoms with van der Waals surface area (Å²) in [6.07, 6.45) is 0.991. The summed E-state index contributed by atoms with van der Waals surface area (Å²) < 4.78 is 0. The molecule has 1 saturated heterocycles. The molecule has 0 aromatic carbocycles. The third-order valence-electron chi connectivity index (χ3n) is 2.77. The van der Waals surface area contributed by atoms with Crippen LogP contribution in [0.4, 0.5) is 5.00 Å². The maximum atomic E-state index is 12.0. The standard InChI is InChI=1S/C10H11BrN2O3S/c11-5-7-3-4-12(6-7)10(14)8-1-2-9(17-8)13(15)16/h1-2,7H,3-6H2. The van der Waals surface area contributed by atoms with Gasteiger partial charge in [-0.05, 0) is 18.4 Å². The first-order valence-corrected chi connectivity index (χ1v) is 7.15. The van der Waals surface area contributed by atoms with Crippen LogP contribution < -0.4 is 0 Å². The minimum Gasteiger partial charge on any atom is -0.338 e. The van der Waals surface area contributed by atoms with Gasteiger partial charge in [-0.3, -0.25) is 14.9 Å². The number of nitro groups is 1. The van der Waals surface area contributed by atoms with Gasteiger partial charge in [0.05, 0.1) is 9.80 Å². The molecular weight excluding hydrogens is 308 g/mol. The molecule has 1 aromatic heterocycles. The average Bonchev–Trinajstić information content (AvgIpc) is 2.97. The van der Waals surface area contributed by atoms with Crippen molar-refractivity contribution in [3.8, 4) is 0 Å². The molecule has 92 valence electrons. The number of likely N-dealkylation sites (tertiary alicyclic amines) is 1. The predicted octanol–water partition coefficient (Wildman–Crippen LogP) is 2.51. The molecule has 0 aliphatic carbocycles. The molecule has 1 atom stereocenters. The van der Waals surface area contributed by atoms with Crippen LogP contribution in [0.5, 0.6) is 0 Å². The third kappa shape index (κ3) is 2.66. The van der Waals surface area contributed by atoms with E-state index < -0.39 is 4.92 Å². The zero-order valence-corrected chi connectivity index (χ0v) is 11.4. The number of carbonyl (C=O) groups excluding carboxylic acids is 1. The summed E-state index contributed by atoms with van der Waals surface area (Å²) >= 11 is 4.35. The second-order valence-electron chi connectivity index (χ2n) is 3.96. The van der Waals surface area contributed by atoms with Gasteiger partial charge < -0.3 is 4.90 Å². The molecule has 2 rings (SSSR count). The topological polar surface area (TPSA) is 63.4 Å². The molecule has 5 nitrogen and oxygen atoms in total. The Kier molecular flexibility index (Phi) is 3.78. The largest absolute Gasteiger partial charge is 0.338 e. The van der Waals surface area contributed by atoms with Gasteiger partial charge in [-0.1, -0.05) is 27.3 Å². The molecule has 1 amide bonds. The van der Waals surface area contributed by atoms with E-state index in [9.17, 15) is 14.9 Å². The van der Waals surface area contributed by atoms with E-state index in [2.05, 4.69) is 15.9 Å². The Hall–Kier alpha value is -0.950. The van der Waals surface area contributed by atoms with Crippen molar-refractivity contribution in [1.29, 1.82) is 0 Å². The van der Waals surface area contributed by atoms with Gasteiger partial charge in [0.2, 0.25) is 0 Å². The highest BCUT2D eigenvalue weighted by atomic mass is 79.9. The maximum absolute atomic E-state index is 12.0. The number of hydrogen-bond donors (Lipinski definition) is 0. The van der Waals surface area contributed by atoms with Crippen LogP contribution >= 0.6 is 27.3 Å². The maximum Gasteiger partial charge on any atom is 0.324 e. The van der Waals surface area contributed by atoms with E-state index in [4.69, 9.17) is 0 Å². The van der Waals surface area contributed by atoms with Crippen molar-refractivity contribution >= 4 is 38.2 Å². The quantitative estimate of drug-likeness (QED) is 0.488. The average molecular weight is 319 g/mol. The fraction of sp³-hybridized carbons (Fsp3) is 0.500. The Morgan fingerprint density at radius 2 is 2.41 bits per heavy atom. The van der Waals surface area contributed by atoms with Crippen molar-refractivity contribution in [2.45, 2.75) is 6.42 Å². The zero-order valence-electron chi connectivity index (χ0n) is 8.97. The molecule has 1 aliphatic heterocycles. The lowest BCUT2D eigenvalue weighted by Crippen LogP contribution is -2.28. The number of halogens is 1. The van der Waals surface area contributed by atoms with Gasteiger partial charge >= 0.3 is 5.00 Å². The van der Waals surface area contributed by atoms with Crippen molar-refractivity contribution in [2.24, 2.45) is 5.92 Å². The molecule has 0 bridgehead atoms. The third-order valence-corrected chi connectivity index (χ3v) is 4.71. The lowest BCUT2D eigenvalue weighted by atomic mass is 10.2. The number of hydrogen-bond acceptors (Lipinski definition) is 4. The van der Waals surface area contributed by atoms with Crippen LogP contribution in [0, 0.1) is 16.0 Å². The zero-order chi connectivity index (χ0) is 12.4. The van der Waals surface area contributed by atoms with E-state index in [1.54, 1.807) is 4.90 Å². The number of carbonyl (C=O) groups is 1. The highest BCUT2D eigenvalue weighted by Gasteiger charge is 2.27. The Bertz CT molecular complexity index is 449. The summed E-state index contributed by atoms with van der Waals surface area (Å²) in [4.78, 5) is 24.3. The Morgan fingerprint density at radius 3 is 2.94 bits per heavy atom. The van der Waals surface area contributed by atoms with E-state index in [0.29, 0.717) is 10.8 Å². The van der Waals surface area contributed by atoms with Crippen molar-refractivity contribution < 1.29 is 9.72 Å². The summed E-state index contributed by atoms with van der Waals surface area (Å²) in [5.41, 5.74) is 0. The molecule has 1 aromatic rings. The lowest BCUT2D eigenvalue weighted by molar-refractivity contribution is -0.380. The Morgan fingerprint density at radius 1 is 1.65 bits per heavy atom. The van der Waals surface area contributed by atoms with Crippen molar-refractivity contribution in [3.05, 3.63) is 27.1 Å². The van der Waals surface area contributed by atoms with Gasteiger partial charge in [-0.15, -0.1) is 0 Å². The molecule has 0 N–H and O–H groups in total. The van der Waals surface area contributed by atoms with Crippen LogP contribution in [0.25, 0.3) is 0 Å². The molecule has 1 unspecified atom stereocenters. The molecule has 17 heavy (non-hydrogen) atoms. The molecule has 1 aliphatic rings. The SMILES string of the molecule is O=C(c1ccc([N+](=O)[O-])s1)N1CCC(CBr)C1. The number of rotatable bonds is 3. The smallest absolute Gasteiger partial charge is 0.324 e. The summed E-state index contributed by atoms with van der Waals surface area (Å²) in [6.45, 7) is 1.47.